The highest BCUT2D eigenvalue weighted by Crippen LogP contribution is 2.56. The smallest absolute Gasteiger partial charge is 0.255 e. The lowest BCUT2D eigenvalue weighted by molar-refractivity contribution is 0.0949. The molecule has 1 fully saturated rings. The minimum absolute atomic E-state index is 0. The van der Waals surface area contributed by atoms with E-state index in [1.807, 2.05) is 4.90 Å². The van der Waals surface area contributed by atoms with Crippen LogP contribution in [0.2, 0.25) is 0 Å². The highest BCUT2D eigenvalue weighted by atomic mass is 32.2. The first-order valence-electron chi connectivity index (χ1n) is 13.7. The molecular formula is C29H25F4N5O5S. The molecule has 4 aromatic rings. The van der Waals surface area contributed by atoms with Gasteiger partial charge in [0.25, 0.3) is 11.8 Å². The molecule has 1 saturated carbocycles. The van der Waals surface area contributed by atoms with Crippen molar-refractivity contribution in [3.8, 4) is 11.5 Å². The maximum atomic E-state index is 14.7. The highest BCUT2D eigenvalue weighted by molar-refractivity contribution is 7.92. The van der Waals surface area contributed by atoms with Gasteiger partial charge in [0.1, 0.15) is 17.3 Å². The molecule has 44 heavy (non-hydrogen) atoms. The van der Waals surface area contributed by atoms with Gasteiger partial charge in [0.15, 0.2) is 23.1 Å². The monoisotopic (exact) mass is 631 g/mol. The molecule has 7 rings (SSSR count). The summed E-state index contributed by atoms with van der Waals surface area (Å²) in [5.74, 6) is -4.69. The second-order valence-electron chi connectivity index (χ2n) is 10.7. The number of alkyl halides is 3. The lowest BCUT2D eigenvalue weighted by atomic mass is 10.1. The molecule has 0 spiro atoms. The van der Waals surface area contributed by atoms with E-state index in [1.54, 1.807) is 30.5 Å². The van der Waals surface area contributed by atoms with E-state index in [2.05, 4.69) is 15.3 Å². The molecule has 1 amide bonds. The van der Waals surface area contributed by atoms with Crippen molar-refractivity contribution in [3.05, 3.63) is 71.4 Å². The van der Waals surface area contributed by atoms with Crippen molar-refractivity contribution in [2.45, 2.75) is 41.6 Å². The molecule has 2 atom stereocenters. The molecule has 230 valence electrons. The topological polar surface area (TPSA) is 124 Å². The normalized spacial score (nSPS) is 21.3. The number of carbonyl (C=O) groups is 1. The van der Waals surface area contributed by atoms with Crippen LogP contribution in [-0.4, -0.2) is 60.5 Å². The quantitative estimate of drug-likeness (QED) is 0.308. The third kappa shape index (κ3) is 4.94. The van der Waals surface area contributed by atoms with Gasteiger partial charge in [0.05, 0.1) is 36.8 Å². The average molecular weight is 632 g/mol. The van der Waals surface area contributed by atoms with Crippen LogP contribution in [0.15, 0.2) is 53.7 Å². The Balaban J connectivity index is 0.00000357. The molecule has 15 heteroatoms. The van der Waals surface area contributed by atoms with E-state index in [0.717, 1.165) is 12.1 Å². The molecule has 3 aliphatic rings. The fourth-order valence-corrected chi connectivity index (χ4v) is 6.66. The number of carbonyl (C=O) groups excluding carboxylic acids is 1. The van der Waals surface area contributed by atoms with Crippen LogP contribution in [-0.2, 0) is 16.4 Å². The standard InChI is InChI=1S/C29H23F4N5O5S.H2/c30-20-7-16(9-23-26(20)43-5-3-24(31)44(23,40)41)28(39)36-14-18-10-21-15(12-34-18)1-2-25(37-21)38-4-6-42-22-8-17(13-35-27(22)38)19-11-29(19,32)33;/h1-2,7-10,12-13,19,24H,3-6,11,14H2,(H,36,39);1H/t19-,24-;/m1./s1. The highest BCUT2D eigenvalue weighted by Gasteiger charge is 2.58. The summed E-state index contributed by atoms with van der Waals surface area (Å²) in [5, 5.41) is 3.27. The van der Waals surface area contributed by atoms with Crippen LogP contribution in [0.4, 0.5) is 29.2 Å². The number of fused-ring (bicyclic) bond motifs is 3. The largest absolute Gasteiger partial charge is 0.489 e. The number of rotatable bonds is 5. The molecule has 1 aromatic carbocycles. The molecule has 1 N–H and O–H groups in total. The van der Waals surface area contributed by atoms with E-state index in [-0.39, 0.29) is 26.6 Å². The molecule has 1 aliphatic carbocycles. The Kier molecular flexibility index (Phi) is 6.60. The van der Waals surface area contributed by atoms with Crippen molar-refractivity contribution in [3.63, 3.8) is 0 Å². The second-order valence-corrected chi connectivity index (χ2v) is 12.7. The Morgan fingerprint density at radius 1 is 1.11 bits per heavy atom. The number of pyridine rings is 3. The number of aromatic nitrogens is 3. The fraction of sp³-hybridized carbons (Fsp3) is 0.310. The number of benzene rings is 1. The summed E-state index contributed by atoms with van der Waals surface area (Å²) >= 11 is 0. The van der Waals surface area contributed by atoms with Crippen molar-refractivity contribution in [2.24, 2.45) is 0 Å². The summed E-state index contributed by atoms with van der Waals surface area (Å²) in [7, 11) is -4.55. The number of amides is 1. The predicted octanol–water partition coefficient (Wildman–Crippen LogP) is 4.84. The van der Waals surface area contributed by atoms with Crippen LogP contribution >= 0.6 is 0 Å². The van der Waals surface area contributed by atoms with Crippen LogP contribution in [0.5, 0.6) is 11.5 Å². The third-order valence-corrected chi connectivity index (χ3v) is 9.56. The first kappa shape index (κ1) is 28.3. The van der Waals surface area contributed by atoms with Gasteiger partial charge in [0, 0.05) is 37.6 Å². The SMILES string of the molecule is O=C(NCc1cc2nc(N3CCOc4cc([C@H]5CC5(F)F)cnc43)ccc2cn1)c1cc(F)c2c(c1)S(=O)(=O)[C@@H](F)CCO2.[HH]. The minimum atomic E-state index is -4.55. The lowest BCUT2D eigenvalue weighted by Gasteiger charge is -2.29. The van der Waals surface area contributed by atoms with Crippen LogP contribution in [0.3, 0.4) is 0 Å². The summed E-state index contributed by atoms with van der Waals surface area (Å²) in [6.45, 7) is 0.295. The van der Waals surface area contributed by atoms with E-state index in [1.165, 1.54) is 6.20 Å². The van der Waals surface area contributed by atoms with Gasteiger partial charge in [-0.1, -0.05) is 0 Å². The Morgan fingerprint density at radius 2 is 1.93 bits per heavy atom. The van der Waals surface area contributed by atoms with E-state index < -0.39 is 56.0 Å². The van der Waals surface area contributed by atoms with Gasteiger partial charge >= 0.3 is 0 Å². The Labute approximate surface area is 249 Å². The summed E-state index contributed by atoms with van der Waals surface area (Å²) < 4.78 is 91.9. The number of sulfone groups is 1. The molecule has 5 heterocycles. The van der Waals surface area contributed by atoms with E-state index in [9.17, 15) is 30.8 Å². The van der Waals surface area contributed by atoms with E-state index in [4.69, 9.17) is 14.5 Å². The Hall–Kier alpha value is -4.53. The molecule has 0 bridgehead atoms. The van der Waals surface area contributed by atoms with Crippen molar-refractivity contribution < 1.29 is 41.7 Å². The molecular weight excluding hydrogens is 606 g/mol. The van der Waals surface area contributed by atoms with Crippen LogP contribution < -0.4 is 19.7 Å². The van der Waals surface area contributed by atoms with Gasteiger partial charge in [-0.2, -0.15) is 0 Å². The maximum absolute atomic E-state index is 14.7. The zero-order valence-electron chi connectivity index (χ0n) is 22.8. The predicted molar refractivity (Wildman–Crippen MR) is 150 cm³/mol. The first-order valence-corrected chi connectivity index (χ1v) is 15.2. The van der Waals surface area contributed by atoms with Crippen LogP contribution in [0.25, 0.3) is 10.9 Å². The number of nitrogens with zero attached hydrogens (tertiary/aromatic N) is 4. The summed E-state index contributed by atoms with van der Waals surface area (Å²) in [5.41, 5.74) is -1.24. The van der Waals surface area contributed by atoms with Crippen LogP contribution in [0.1, 0.15) is 41.8 Å². The van der Waals surface area contributed by atoms with Crippen molar-refractivity contribution >= 4 is 38.3 Å². The van der Waals surface area contributed by atoms with Gasteiger partial charge in [-0.3, -0.25) is 9.78 Å². The molecule has 2 aliphatic heterocycles. The van der Waals surface area contributed by atoms with Gasteiger partial charge < -0.3 is 19.7 Å². The molecule has 0 saturated heterocycles. The molecule has 10 nitrogen and oxygen atoms in total. The number of ether oxygens (including phenoxy) is 2. The van der Waals surface area contributed by atoms with Gasteiger partial charge in [-0.15, -0.1) is 0 Å². The third-order valence-electron chi connectivity index (χ3n) is 7.74. The lowest BCUT2D eigenvalue weighted by Crippen LogP contribution is -2.30. The Morgan fingerprint density at radius 3 is 2.73 bits per heavy atom. The van der Waals surface area contributed by atoms with Gasteiger partial charge in [-0.05, 0) is 42.0 Å². The number of nitrogens with one attached hydrogen (secondary N) is 1. The Bertz CT molecular complexity index is 1950. The number of hydrogen-bond donors (Lipinski definition) is 1. The van der Waals surface area contributed by atoms with E-state index >= 15 is 0 Å². The number of hydrogen-bond acceptors (Lipinski definition) is 9. The van der Waals surface area contributed by atoms with Crippen molar-refractivity contribution in [1.29, 1.82) is 0 Å². The van der Waals surface area contributed by atoms with E-state index in [0.29, 0.717) is 52.7 Å². The minimum Gasteiger partial charge on any atom is -0.489 e. The zero-order chi connectivity index (χ0) is 30.8. The van der Waals surface area contributed by atoms with Crippen LogP contribution in [0, 0.1) is 5.82 Å². The molecule has 3 aromatic heterocycles. The van der Waals surface area contributed by atoms with Crippen molar-refractivity contribution in [2.75, 3.05) is 24.7 Å². The average Bonchev–Trinajstić information content (AvgIpc) is 3.68. The fourth-order valence-electron chi connectivity index (χ4n) is 5.27. The summed E-state index contributed by atoms with van der Waals surface area (Å²) in [6, 6.07) is 8.56. The number of anilines is 2. The molecule has 0 radical (unpaired) electrons. The van der Waals surface area contributed by atoms with Gasteiger partial charge in [-0.25, -0.2) is 35.9 Å². The first-order chi connectivity index (χ1) is 21.0. The van der Waals surface area contributed by atoms with Gasteiger partial charge in [0.2, 0.25) is 15.3 Å². The summed E-state index contributed by atoms with van der Waals surface area (Å²) in [4.78, 5) is 27.4. The maximum Gasteiger partial charge on any atom is 0.255 e. The zero-order valence-corrected chi connectivity index (χ0v) is 23.6. The molecule has 0 unspecified atom stereocenters. The number of halogens is 4. The second kappa shape index (κ2) is 10.3. The summed E-state index contributed by atoms with van der Waals surface area (Å²) in [6.07, 6.45) is 2.33. The van der Waals surface area contributed by atoms with Crippen molar-refractivity contribution in [1.82, 2.24) is 20.3 Å².